The number of pyridine rings is 1. The maximum Gasteiger partial charge on any atom is 0.269 e. The number of nitrogens with zero attached hydrogens (tertiary/aromatic N) is 3. The standard InChI is InChI=1S/C16H26N4O/c1-2-19-11-13-20(14-12-19)10-6-5-9-18-16(21)15-7-3-4-8-17-15/h3-4,7-8H,2,5-6,9-14H2,1H3,(H,18,21). The highest BCUT2D eigenvalue weighted by molar-refractivity contribution is 5.92. The topological polar surface area (TPSA) is 48.5 Å². The molecule has 0 radical (unpaired) electrons. The van der Waals surface area contributed by atoms with E-state index in [0.717, 1.165) is 32.5 Å². The van der Waals surface area contributed by atoms with E-state index >= 15 is 0 Å². The quantitative estimate of drug-likeness (QED) is 0.767. The summed E-state index contributed by atoms with van der Waals surface area (Å²) in [6.45, 7) is 9.97. The van der Waals surface area contributed by atoms with E-state index < -0.39 is 0 Å². The molecule has 0 unspecified atom stereocenters. The van der Waals surface area contributed by atoms with Gasteiger partial charge in [-0.1, -0.05) is 13.0 Å². The monoisotopic (exact) mass is 290 g/mol. The van der Waals surface area contributed by atoms with Gasteiger partial charge in [0.05, 0.1) is 0 Å². The van der Waals surface area contributed by atoms with Crippen molar-refractivity contribution < 1.29 is 4.79 Å². The molecular weight excluding hydrogens is 264 g/mol. The number of aromatic nitrogens is 1. The zero-order valence-corrected chi connectivity index (χ0v) is 12.9. The van der Waals surface area contributed by atoms with Crippen molar-refractivity contribution in [3.05, 3.63) is 30.1 Å². The first-order valence-electron chi connectivity index (χ1n) is 7.93. The summed E-state index contributed by atoms with van der Waals surface area (Å²) in [7, 11) is 0. The fourth-order valence-electron chi connectivity index (χ4n) is 2.58. The summed E-state index contributed by atoms with van der Waals surface area (Å²) < 4.78 is 0. The Balaban J connectivity index is 1.53. The summed E-state index contributed by atoms with van der Waals surface area (Å²) in [5.41, 5.74) is 0.494. The fourth-order valence-corrected chi connectivity index (χ4v) is 2.58. The number of unbranched alkanes of at least 4 members (excludes halogenated alkanes) is 1. The van der Waals surface area contributed by atoms with Gasteiger partial charge in [-0.05, 0) is 38.1 Å². The minimum atomic E-state index is -0.0767. The van der Waals surface area contributed by atoms with Crippen LogP contribution in [0.2, 0.25) is 0 Å². The Morgan fingerprint density at radius 1 is 1.19 bits per heavy atom. The van der Waals surface area contributed by atoms with Crippen molar-refractivity contribution in [2.45, 2.75) is 19.8 Å². The highest BCUT2D eigenvalue weighted by Crippen LogP contribution is 2.03. The maximum atomic E-state index is 11.8. The molecule has 0 saturated carbocycles. The fraction of sp³-hybridized carbons (Fsp3) is 0.625. The van der Waals surface area contributed by atoms with E-state index in [4.69, 9.17) is 0 Å². The van der Waals surface area contributed by atoms with Gasteiger partial charge in [0.25, 0.3) is 5.91 Å². The summed E-state index contributed by atoms with van der Waals surface area (Å²) in [6.07, 6.45) is 3.80. The summed E-state index contributed by atoms with van der Waals surface area (Å²) in [6, 6.07) is 5.38. The second kappa shape index (κ2) is 8.74. The molecule has 21 heavy (non-hydrogen) atoms. The maximum absolute atomic E-state index is 11.8. The number of hydrogen-bond donors (Lipinski definition) is 1. The molecule has 1 fully saturated rings. The Kier molecular flexibility index (Phi) is 6.63. The first kappa shape index (κ1) is 15.9. The predicted octanol–water partition coefficient (Wildman–Crippen LogP) is 1.23. The van der Waals surface area contributed by atoms with Crippen LogP contribution in [0, 0.1) is 0 Å². The van der Waals surface area contributed by atoms with Crippen LogP contribution in [-0.2, 0) is 0 Å². The molecular formula is C16H26N4O. The molecule has 0 spiro atoms. The SMILES string of the molecule is CCN1CCN(CCCCNC(=O)c2ccccn2)CC1. The summed E-state index contributed by atoms with van der Waals surface area (Å²) in [5, 5.41) is 2.92. The Labute approximate surface area is 127 Å². The zero-order valence-electron chi connectivity index (χ0n) is 12.9. The van der Waals surface area contributed by atoms with Gasteiger partial charge < -0.3 is 15.1 Å². The van der Waals surface area contributed by atoms with Crippen LogP contribution in [0.15, 0.2) is 24.4 Å². The summed E-state index contributed by atoms with van der Waals surface area (Å²) in [4.78, 5) is 20.8. The highest BCUT2D eigenvalue weighted by atomic mass is 16.1. The van der Waals surface area contributed by atoms with E-state index in [1.807, 2.05) is 12.1 Å². The second-order valence-corrected chi connectivity index (χ2v) is 5.45. The average molecular weight is 290 g/mol. The Morgan fingerprint density at radius 2 is 1.95 bits per heavy atom. The van der Waals surface area contributed by atoms with Crippen molar-refractivity contribution in [2.24, 2.45) is 0 Å². The first-order valence-corrected chi connectivity index (χ1v) is 7.93. The third kappa shape index (κ3) is 5.44. The van der Waals surface area contributed by atoms with Crippen LogP contribution in [0.4, 0.5) is 0 Å². The molecule has 1 N–H and O–H groups in total. The van der Waals surface area contributed by atoms with Crippen LogP contribution in [0.3, 0.4) is 0 Å². The first-order chi connectivity index (χ1) is 10.3. The van der Waals surface area contributed by atoms with E-state index in [1.54, 1.807) is 12.3 Å². The van der Waals surface area contributed by atoms with Crippen molar-refractivity contribution in [1.29, 1.82) is 0 Å². The lowest BCUT2D eigenvalue weighted by molar-refractivity contribution is 0.0946. The molecule has 0 bridgehead atoms. The van der Waals surface area contributed by atoms with E-state index in [-0.39, 0.29) is 5.91 Å². The molecule has 2 rings (SSSR count). The van der Waals surface area contributed by atoms with Crippen LogP contribution in [0.5, 0.6) is 0 Å². The molecule has 0 aliphatic carbocycles. The molecule has 1 aliphatic heterocycles. The van der Waals surface area contributed by atoms with Crippen LogP contribution in [0.1, 0.15) is 30.3 Å². The lowest BCUT2D eigenvalue weighted by atomic mass is 10.2. The van der Waals surface area contributed by atoms with E-state index in [1.165, 1.54) is 26.2 Å². The zero-order chi connectivity index (χ0) is 14.9. The van der Waals surface area contributed by atoms with Gasteiger partial charge in [0.15, 0.2) is 0 Å². The van der Waals surface area contributed by atoms with Crippen molar-refractivity contribution in [3.63, 3.8) is 0 Å². The van der Waals surface area contributed by atoms with Crippen LogP contribution in [-0.4, -0.2) is 66.5 Å². The highest BCUT2D eigenvalue weighted by Gasteiger charge is 2.14. The average Bonchev–Trinajstić information content (AvgIpc) is 2.55. The molecule has 1 aromatic heterocycles. The van der Waals surface area contributed by atoms with E-state index in [9.17, 15) is 4.79 Å². The molecule has 116 valence electrons. The Hall–Kier alpha value is -1.46. The number of amides is 1. The third-order valence-corrected chi connectivity index (χ3v) is 4.00. The molecule has 1 aromatic rings. The molecule has 0 atom stereocenters. The van der Waals surface area contributed by atoms with Gasteiger partial charge >= 0.3 is 0 Å². The number of likely N-dealkylation sites (N-methyl/N-ethyl adjacent to an activating group) is 1. The number of piperazine rings is 1. The number of nitrogens with one attached hydrogen (secondary N) is 1. The van der Waals surface area contributed by atoms with Crippen molar-refractivity contribution >= 4 is 5.91 Å². The van der Waals surface area contributed by atoms with Crippen LogP contribution >= 0.6 is 0 Å². The van der Waals surface area contributed by atoms with Crippen molar-refractivity contribution in [3.8, 4) is 0 Å². The van der Waals surface area contributed by atoms with Gasteiger partial charge in [-0.15, -0.1) is 0 Å². The molecule has 2 heterocycles. The lowest BCUT2D eigenvalue weighted by Crippen LogP contribution is -2.46. The summed E-state index contributed by atoms with van der Waals surface area (Å²) in [5.74, 6) is -0.0767. The lowest BCUT2D eigenvalue weighted by Gasteiger charge is -2.33. The van der Waals surface area contributed by atoms with Crippen molar-refractivity contribution in [1.82, 2.24) is 20.1 Å². The van der Waals surface area contributed by atoms with Crippen LogP contribution in [0.25, 0.3) is 0 Å². The van der Waals surface area contributed by atoms with Gasteiger partial charge in [0.1, 0.15) is 5.69 Å². The predicted molar refractivity (Wildman–Crippen MR) is 84.4 cm³/mol. The largest absolute Gasteiger partial charge is 0.351 e. The van der Waals surface area contributed by atoms with Gasteiger partial charge in [0, 0.05) is 38.9 Å². The van der Waals surface area contributed by atoms with Gasteiger partial charge in [-0.25, -0.2) is 0 Å². The van der Waals surface area contributed by atoms with E-state index in [0.29, 0.717) is 5.69 Å². The Bertz CT molecular complexity index is 416. The molecule has 5 heteroatoms. The van der Waals surface area contributed by atoms with E-state index in [2.05, 4.69) is 27.0 Å². The minimum absolute atomic E-state index is 0.0767. The number of carbonyl (C=O) groups is 1. The molecule has 1 amide bonds. The smallest absolute Gasteiger partial charge is 0.269 e. The number of carbonyl (C=O) groups excluding carboxylic acids is 1. The number of hydrogen-bond acceptors (Lipinski definition) is 4. The summed E-state index contributed by atoms with van der Waals surface area (Å²) >= 11 is 0. The molecule has 0 aromatic carbocycles. The number of rotatable bonds is 7. The Morgan fingerprint density at radius 3 is 2.62 bits per heavy atom. The van der Waals surface area contributed by atoms with Gasteiger partial charge in [-0.3, -0.25) is 9.78 Å². The normalized spacial score (nSPS) is 16.8. The van der Waals surface area contributed by atoms with Crippen molar-refractivity contribution in [2.75, 3.05) is 45.8 Å². The molecule has 1 saturated heterocycles. The minimum Gasteiger partial charge on any atom is -0.351 e. The van der Waals surface area contributed by atoms with Crippen LogP contribution < -0.4 is 5.32 Å². The second-order valence-electron chi connectivity index (χ2n) is 5.45. The van der Waals surface area contributed by atoms with Gasteiger partial charge in [0.2, 0.25) is 0 Å². The third-order valence-electron chi connectivity index (χ3n) is 4.00. The molecule has 5 nitrogen and oxygen atoms in total. The van der Waals surface area contributed by atoms with Gasteiger partial charge in [-0.2, -0.15) is 0 Å². The molecule has 1 aliphatic rings.